The number of hydrogen-bond acceptors (Lipinski definition) is 3. The van der Waals surface area contributed by atoms with Crippen molar-refractivity contribution in [1.82, 2.24) is 0 Å². The molecule has 2 nitrogen and oxygen atoms in total. The summed E-state index contributed by atoms with van der Waals surface area (Å²) in [5, 5.41) is 12.0. The Balaban J connectivity index is 2.41. The molecule has 3 rings (SSSR count). The molecule has 0 unspecified atom stereocenters. The van der Waals surface area contributed by atoms with Crippen molar-refractivity contribution in [2.45, 2.75) is 0 Å². The van der Waals surface area contributed by atoms with E-state index in [0.29, 0.717) is 21.2 Å². The molecule has 3 aromatic rings. The van der Waals surface area contributed by atoms with Crippen LogP contribution in [-0.4, -0.2) is 5.97 Å². The molecule has 0 N–H and O–H groups in total. The minimum atomic E-state index is -1.45. The summed E-state index contributed by atoms with van der Waals surface area (Å²) in [6.07, 6.45) is 0. The number of carbonyl (C=O) groups is 1. The summed E-state index contributed by atoms with van der Waals surface area (Å²) in [5.41, 5.74) is 0.00948. The van der Waals surface area contributed by atoms with Crippen molar-refractivity contribution in [1.29, 1.82) is 0 Å². The molecule has 0 amide bonds. The number of carbonyl (C=O) groups excluding carboxylic acids is 1. The van der Waals surface area contributed by atoms with Gasteiger partial charge in [0.25, 0.3) is 0 Å². The van der Waals surface area contributed by atoms with E-state index >= 15 is 0 Å². The molecule has 1 heterocycles. The van der Waals surface area contributed by atoms with Gasteiger partial charge in [0.05, 0.1) is 15.9 Å². The predicted octanol–water partition coefficient (Wildman–Crippen LogP) is 4.52. The van der Waals surface area contributed by atoms with Crippen LogP contribution in [0.3, 0.4) is 0 Å². The van der Waals surface area contributed by atoms with Crippen LogP contribution in [0.4, 0.5) is 8.78 Å². The zero-order valence-corrected chi connectivity index (χ0v) is 13.0. The largest absolute Gasteiger partial charge is 0.544 e. The third kappa shape index (κ3) is 2.45. The first-order valence-corrected chi connectivity index (χ1v) is 7.54. The minimum absolute atomic E-state index is 0.0980. The highest BCUT2D eigenvalue weighted by Crippen LogP contribution is 2.41. The molecule has 22 heavy (non-hydrogen) atoms. The van der Waals surface area contributed by atoms with E-state index < -0.39 is 17.6 Å². The van der Waals surface area contributed by atoms with Crippen LogP contribution < -0.4 is 5.11 Å². The average Bonchev–Trinajstić information content (AvgIpc) is 2.81. The fourth-order valence-electron chi connectivity index (χ4n) is 2.20. The van der Waals surface area contributed by atoms with Crippen molar-refractivity contribution in [2.75, 3.05) is 0 Å². The molecule has 0 saturated carbocycles. The Hall–Kier alpha value is -1.69. The van der Waals surface area contributed by atoms with E-state index in [1.54, 1.807) is 18.2 Å². The third-order valence-corrected chi connectivity index (χ3v) is 4.77. The van der Waals surface area contributed by atoms with Crippen LogP contribution in [0.5, 0.6) is 0 Å². The molecule has 0 atom stereocenters. The van der Waals surface area contributed by atoms with Crippen LogP contribution in [0.1, 0.15) is 9.67 Å². The lowest BCUT2D eigenvalue weighted by Crippen LogP contribution is -2.21. The predicted molar refractivity (Wildman–Crippen MR) is 81.5 cm³/mol. The first-order valence-electron chi connectivity index (χ1n) is 5.97. The monoisotopic (exact) mass is 357 g/mol. The zero-order valence-electron chi connectivity index (χ0n) is 10.6. The Morgan fingerprint density at radius 1 is 1.09 bits per heavy atom. The van der Waals surface area contributed by atoms with Gasteiger partial charge in [-0.1, -0.05) is 29.3 Å². The zero-order chi connectivity index (χ0) is 16.0. The Bertz CT molecular complexity index is 922. The van der Waals surface area contributed by atoms with E-state index in [4.69, 9.17) is 23.2 Å². The Morgan fingerprint density at radius 3 is 2.50 bits per heavy atom. The number of halogens is 4. The number of benzene rings is 2. The maximum atomic E-state index is 14.1. The summed E-state index contributed by atoms with van der Waals surface area (Å²) in [4.78, 5) is 11.2. The number of aromatic carboxylic acids is 1. The molecule has 0 aliphatic heterocycles. The Morgan fingerprint density at radius 2 is 1.82 bits per heavy atom. The van der Waals surface area contributed by atoms with E-state index in [0.717, 1.165) is 17.4 Å². The van der Waals surface area contributed by atoms with Gasteiger partial charge in [0, 0.05) is 32.3 Å². The van der Waals surface area contributed by atoms with Gasteiger partial charge in [-0.2, -0.15) is 0 Å². The van der Waals surface area contributed by atoms with Gasteiger partial charge in [-0.05, 0) is 18.2 Å². The first-order chi connectivity index (χ1) is 10.4. The molecule has 112 valence electrons. The standard InChI is InChI=1S/C15H6Cl2F2O2S/c16-6-1-2-7-12(3-6)22-14(15(20)21)13(7)8-4-9(17)11(19)5-10(8)18/h1-5H,(H,20,21)/p-1. The second-order valence-corrected chi connectivity index (χ2v) is 6.38. The molecule has 0 saturated heterocycles. The van der Waals surface area contributed by atoms with E-state index in [1.165, 1.54) is 0 Å². The van der Waals surface area contributed by atoms with Gasteiger partial charge in [-0.15, -0.1) is 11.3 Å². The fraction of sp³-hybridized carbons (Fsp3) is 0. The van der Waals surface area contributed by atoms with E-state index in [9.17, 15) is 18.7 Å². The second kappa shape index (κ2) is 5.50. The number of rotatable bonds is 2. The molecule has 0 aliphatic rings. The molecule has 2 aromatic carbocycles. The van der Waals surface area contributed by atoms with E-state index in [1.807, 2.05) is 0 Å². The third-order valence-electron chi connectivity index (χ3n) is 3.12. The summed E-state index contributed by atoms with van der Waals surface area (Å²) >= 11 is 12.5. The van der Waals surface area contributed by atoms with Crippen LogP contribution in [0.15, 0.2) is 30.3 Å². The van der Waals surface area contributed by atoms with Crippen LogP contribution in [0, 0.1) is 11.6 Å². The molecule has 7 heteroatoms. The van der Waals surface area contributed by atoms with Crippen LogP contribution in [-0.2, 0) is 0 Å². The second-order valence-electron chi connectivity index (χ2n) is 4.48. The van der Waals surface area contributed by atoms with Gasteiger partial charge in [-0.25, -0.2) is 8.78 Å². The lowest BCUT2D eigenvalue weighted by atomic mass is 10.0. The number of thiophene rings is 1. The van der Waals surface area contributed by atoms with Gasteiger partial charge < -0.3 is 9.90 Å². The van der Waals surface area contributed by atoms with E-state index in [-0.39, 0.29) is 21.0 Å². The molecule has 0 radical (unpaired) electrons. The molecule has 0 fully saturated rings. The maximum Gasteiger partial charge on any atom is 0.144 e. The van der Waals surface area contributed by atoms with Crippen LogP contribution in [0.2, 0.25) is 10.0 Å². The topological polar surface area (TPSA) is 40.1 Å². The van der Waals surface area contributed by atoms with Crippen molar-refractivity contribution in [2.24, 2.45) is 0 Å². The molecule has 1 aromatic heterocycles. The number of fused-ring (bicyclic) bond motifs is 1. The normalized spacial score (nSPS) is 11.1. The highest BCUT2D eigenvalue weighted by molar-refractivity contribution is 7.21. The van der Waals surface area contributed by atoms with Gasteiger partial charge in [0.1, 0.15) is 11.6 Å². The van der Waals surface area contributed by atoms with Crippen molar-refractivity contribution in [3.63, 3.8) is 0 Å². The van der Waals surface area contributed by atoms with Gasteiger partial charge in [0.2, 0.25) is 0 Å². The SMILES string of the molecule is O=C([O-])c1sc2cc(Cl)ccc2c1-c1cc(Cl)c(F)cc1F. The maximum absolute atomic E-state index is 14.1. The fourth-order valence-corrected chi connectivity index (χ4v) is 3.69. The lowest BCUT2D eigenvalue weighted by Gasteiger charge is -2.08. The van der Waals surface area contributed by atoms with Gasteiger partial charge in [-0.3, -0.25) is 0 Å². The van der Waals surface area contributed by atoms with Gasteiger partial charge in [0.15, 0.2) is 0 Å². The minimum Gasteiger partial charge on any atom is -0.544 e. The summed E-state index contributed by atoms with van der Waals surface area (Å²) in [7, 11) is 0. The van der Waals surface area contributed by atoms with Crippen LogP contribution in [0.25, 0.3) is 21.2 Å². The number of carboxylic acid groups (broad SMARTS) is 1. The number of carboxylic acids is 1. The molecular formula is C15H5Cl2F2O2S-. The smallest absolute Gasteiger partial charge is 0.144 e. The highest BCUT2D eigenvalue weighted by Gasteiger charge is 2.20. The summed E-state index contributed by atoms with van der Waals surface area (Å²) in [5.74, 6) is -3.27. The van der Waals surface area contributed by atoms with Crippen LogP contribution >= 0.6 is 34.5 Å². The summed E-state index contributed by atoms with van der Waals surface area (Å²) < 4.78 is 28.0. The Kier molecular flexibility index (Phi) is 3.80. The summed E-state index contributed by atoms with van der Waals surface area (Å²) in [6, 6.07) is 6.39. The van der Waals surface area contributed by atoms with Crippen molar-refractivity contribution < 1.29 is 18.7 Å². The number of hydrogen-bond donors (Lipinski definition) is 0. The van der Waals surface area contributed by atoms with Crippen molar-refractivity contribution >= 4 is 50.6 Å². The van der Waals surface area contributed by atoms with E-state index in [2.05, 4.69) is 0 Å². The van der Waals surface area contributed by atoms with Gasteiger partial charge >= 0.3 is 0 Å². The summed E-state index contributed by atoms with van der Waals surface area (Å²) in [6.45, 7) is 0. The molecular weight excluding hydrogens is 353 g/mol. The van der Waals surface area contributed by atoms with Crippen molar-refractivity contribution in [3.05, 3.63) is 56.9 Å². The highest BCUT2D eigenvalue weighted by atomic mass is 35.5. The first kappa shape index (κ1) is 15.2. The van der Waals surface area contributed by atoms with Crippen molar-refractivity contribution in [3.8, 4) is 11.1 Å². The average molecular weight is 358 g/mol. The Labute approximate surface area is 137 Å². The quantitative estimate of drug-likeness (QED) is 0.632. The molecule has 0 spiro atoms. The molecule has 0 bridgehead atoms. The lowest BCUT2D eigenvalue weighted by molar-refractivity contribution is -0.254. The molecule has 0 aliphatic carbocycles.